The molecule has 2 fully saturated rings. The number of likely N-dealkylation sites (N-methyl/N-ethyl adjacent to an activating group) is 1. The van der Waals surface area contributed by atoms with E-state index in [9.17, 15) is 9.59 Å². The standard InChI is InChI=1S/C21H26N4O2/c1-2-24-15-21(14-17(19(24)26)16-6-4-3-5-7-16)9-12-25(13-10-21)20(27)18-8-11-22-23-18/h3-8,11,17H,2,9-10,12-15H2,1H3,(H,22,23)/t17-/m0/s1. The van der Waals surface area contributed by atoms with Crippen LogP contribution in [0.1, 0.15) is 48.2 Å². The van der Waals surface area contributed by atoms with E-state index in [1.807, 2.05) is 28.0 Å². The third kappa shape index (κ3) is 3.36. The fraction of sp³-hybridized carbons (Fsp3) is 0.476. The van der Waals surface area contributed by atoms with Crippen molar-refractivity contribution in [3.8, 4) is 0 Å². The Balaban J connectivity index is 1.51. The van der Waals surface area contributed by atoms with E-state index < -0.39 is 0 Å². The van der Waals surface area contributed by atoms with Crippen LogP contribution in [-0.4, -0.2) is 58.0 Å². The number of hydrogen-bond donors (Lipinski definition) is 1. The van der Waals surface area contributed by atoms with Gasteiger partial charge in [0.15, 0.2) is 0 Å². The average molecular weight is 366 g/mol. The van der Waals surface area contributed by atoms with Gasteiger partial charge in [0, 0.05) is 32.4 Å². The highest BCUT2D eigenvalue weighted by atomic mass is 16.2. The van der Waals surface area contributed by atoms with Gasteiger partial charge in [0.05, 0.1) is 5.92 Å². The van der Waals surface area contributed by atoms with Crippen molar-refractivity contribution in [2.24, 2.45) is 5.41 Å². The number of amides is 2. The van der Waals surface area contributed by atoms with Gasteiger partial charge in [-0.3, -0.25) is 14.7 Å². The molecule has 2 aliphatic rings. The molecule has 27 heavy (non-hydrogen) atoms. The maximum atomic E-state index is 13.0. The minimum absolute atomic E-state index is 0.0150. The second kappa shape index (κ2) is 7.18. The van der Waals surface area contributed by atoms with Crippen molar-refractivity contribution in [2.75, 3.05) is 26.2 Å². The number of nitrogens with zero attached hydrogens (tertiary/aromatic N) is 3. The molecule has 0 bridgehead atoms. The average Bonchev–Trinajstić information content (AvgIpc) is 3.25. The Morgan fingerprint density at radius 3 is 2.59 bits per heavy atom. The van der Waals surface area contributed by atoms with E-state index in [0.717, 1.165) is 51.0 Å². The first-order chi connectivity index (χ1) is 13.1. The number of hydrogen-bond acceptors (Lipinski definition) is 3. The molecule has 1 atom stereocenters. The number of aromatic amines is 1. The van der Waals surface area contributed by atoms with Gasteiger partial charge in [-0.15, -0.1) is 0 Å². The lowest BCUT2D eigenvalue weighted by Gasteiger charge is -2.49. The summed E-state index contributed by atoms with van der Waals surface area (Å²) in [6.45, 7) is 5.05. The first-order valence-corrected chi connectivity index (χ1v) is 9.74. The Bertz CT molecular complexity index is 795. The Morgan fingerprint density at radius 1 is 1.22 bits per heavy atom. The first-order valence-electron chi connectivity index (χ1n) is 9.74. The fourth-order valence-electron chi connectivity index (χ4n) is 4.59. The van der Waals surface area contributed by atoms with Crippen LogP contribution in [0, 0.1) is 5.41 Å². The number of H-pyrrole nitrogens is 1. The summed E-state index contributed by atoms with van der Waals surface area (Å²) in [5.74, 6) is 0.182. The number of rotatable bonds is 3. The van der Waals surface area contributed by atoms with E-state index in [0.29, 0.717) is 5.69 Å². The molecule has 1 spiro atoms. The van der Waals surface area contributed by atoms with Gasteiger partial charge in [0.2, 0.25) is 5.91 Å². The third-order valence-corrected chi connectivity index (χ3v) is 6.20. The summed E-state index contributed by atoms with van der Waals surface area (Å²) in [4.78, 5) is 29.5. The normalized spacial score (nSPS) is 22.3. The molecule has 6 heteroatoms. The van der Waals surface area contributed by atoms with Crippen molar-refractivity contribution in [1.29, 1.82) is 0 Å². The van der Waals surface area contributed by atoms with Crippen LogP contribution in [-0.2, 0) is 4.79 Å². The minimum atomic E-state index is -0.0743. The molecule has 6 nitrogen and oxygen atoms in total. The van der Waals surface area contributed by atoms with Gasteiger partial charge < -0.3 is 9.80 Å². The van der Waals surface area contributed by atoms with E-state index in [1.165, 1.54) is 0 Å². The zero-order valence-corrected chi connectivity index (χ0v) is 15.7. The zero-order valence-electron chi connectivity index (χ0n) is 15.7. The Kier molecular flexibility index (Phi) is 4.72. The molecule has 0 unspecified atom stereocenters. The first kappa shape index (κ1) is 17.8. The summed E-state index contributed by atoms with van der Waals surface area (Å²) < 4.78 is 0. The van der Waals surface area contributed by atoms with E-state index >= 15 is 0 Å². The minimum Gasteiger partial charge on any atom is -0.342 e. The number of benzene rings is 1. The summed E-state index contributed by atoms with van der Waals surface area (Å²) in [7, 11) is 0. The van der Waals surface area contributed by atoms with E-state index in [1.54, 1.807) is 12.3 Å². The highest BCUT2D eigenvalue weighted by Crippen LogP contribution is 2.45. The van der Waals surface area contributed by atoms with Crippen molar-refractivity contribution < 1.29 is 9.59 Å². The Hall–Kier alpha value is -2.63. The maximum Gasteiger partial charge on any atom is 0.271 e. The number of likely N-dealkylation sites (tertiary alicyclic amines) is 2. The molecule has 0 aliphatic carbocycles. The van der Waals surface area contributed by atoms with Crippen LogP contribution in [0.3, 0.4) is 0 Å². The van der Waals surface area contributed by atoms with Crippen LogP contribution in [0.4, 0.5) is 0 Å². The monoisotopic (exact) mass is 366 g/mol. The van der Waals surface area contributed by atoms with Gasteiger partial charge in [0.25, 0.3) is 5.91 Å². The second-order valence-corrected chi connectivity index (χ2v) is 7.78. The fourth-order valence-corrected chi connectivity index (χ4v) is 4.59. The SMILES string of the molecule is CCN1CC2(CCN(C(=O)c3ccn[nH]3)CC2)C[C@@H](c2ccccc2)C1=O. The molecular formula is C21H26N4O2. The quantitative estimate of drug-likeness (QED) is 0.908. The van der Waals surface area contributed by atoms with Gasteiger partial charge >= 0.3 is 0 Å². The maximum absolute atomic E-state index is 13.0. The third-order valence-electron chi connectivity index (χ3n) is 6.20. The Morgan fingerprint density at radius 2 is 1.96 bits per heavy atom. The number of nitrogens with one attached hydrogen (secondary N) is 1. The van der Waals surface area contributed by atoms with Crippen LogP contribution in [0.2, 0.25) is 0 Å². The topological polar surface area (TPSA) is 69.3 Å². The summed E-state index contributed by atoms with van der Waals surface area (Å²) in [6, 6.07) is 11.8. The summed E-state index contributed by atoms with van der Waals surface area (Å²) in [6.07, 6.45) is 4.34. The van der Waals surface area contributed by atoms with Crippen molar-refractivity contribution >= 4 is 11.8 Å². The molecule has 142 valence electrons. The van der Waals surface area contributed by atoms with Crippen LogP contribution in [0.5, 0.6) is 0 Å². The van der Waals surface area contributed by atoms with E-state index in [4.69, 9.17) is 0 Å². The molecular weight excluding hydrogens is 340 g/mol. The molecule has 1 N–H and O–H groups in total. The van der Waals surface area contributed by atoms with Gasteiger partial charge in [0.1, 0.15) is 5.69 Å². The predicted octanol–water partition coefficient (Wildman–Crippen LogP) is 2.67. The number of carbonyl (C=O) groups is 2. The molecule has 1 aromatic carbocycles. The molecule has 2 aliphatic heterocycles. The summed E-state index contributed by atoms with van der Waals surface area (Å²) >= 11 is 0. The van der Waals surface area contributed by atoms with Crippen molar-refractivity contribution in [1.82, 2.24) is 20.0 Å². The van der Waals surface area contributed by atoms with Crippen LogP contribution in [0.25, 0.3) is 0 Å². The largest absolute Gasteiger partial charge is 0.342 e. The number of aromatic nitrogens is 2. The molecule has 4 rings (SSSR count). The lowest BCUT2D eigenvalue weighted by molar-refractivity contribution is -0.141. The van der Waals surface area contributed by atoms with Crippen LogP contribution >= 0.6 is 0 Å². The van der Waals surface area contributed by atoms with Gasteiger partial charge in [-0.05, 0) is 43.2 Å². The molecule has 2 saturated heterocycles. The zero-order chi connectivity index (χ0) is 18.9. The van der Waals surface area contributed by atoms with Crippen molar-refractivity contribution in [3.05, 3.63) is 53.9 Å². The summed E-state index contributed by atoms with van der Waals surface area (Å²) in [5.41, 5.74) is 1.74. The molecule has 2 amide bonds. The Labute approximate surface area is 159 Å². The highest BCUT2D eigenvalue weighted by molar-refractivity contribution is 5.92. The van der Waals surface area contributed by atoms with Crippen LogP contribution in [0.15, 0.2) is 42.6 Å². The molecule has 3 heterocycles. The highest BCUT2D eigenvalue weighted by Gasteiger charge is 2.46. The summed E-state index contributed by atoms with van der Waals surface area (Å²) in [5, 5.41) is 6.64. The van der Waals surface area contributed by atoms with Crippen molar-refractivity contribution in [3.63, 3.8) is 0 Å². The van der Waals surface area contributed by atoms with Gasteiger partial charge in [-0.2, -0.15) is 5.10 Å². The predicted molar refractivity (Wildman–Crippen MR) is 102 cm³/mol. The number of carbonyl (C=O) groups excluding carboxylic acids is 2. The van der Waals surface area contributed by atoms with Crippen molar-refractivity contribution in [2.45, 2.75) is 32.1 Å². The van der Waals surface area contributed by atoms with E-state index in [-0.39, 0.29) is 23.1 Å². The lowest BCUT2D eigenvalue weighted by Crippen LogP contribution is -2.54. The van der Waals surface area contributed by atoms with Gasteiger partial charge in [-0.25, -0.2) is 0 Å². The molecule has 0 saturated carbocycles. The second-order valence-electron chi connectivity index (χ2n) is 7.78. The number of piperidine rings is 2. The lowest BCUT2D eigenvalue weighted by atomic mass is 9.67. The molecule has 1 aromatic heterocycles. The smallest absolute Gasteiger partial charge is 0.271 e. The molecule has 2 aromatic rings. The van der Waals surface area contributed by atoms with Crippen LogP contribution < -0.4 is 0 Å². The van der Waals surface area contributed by atoms with E-state index in [2.05, 4.69) is 29.3 Å². The van der Waals surface area contributed by atoms with Gasteiger partial charge in [-0.1, -0.05) is 30.3 Å². The molecule has 0 radical (unpaired) electrons.